The van der Waals surface area contributed by atoms with Crippen molar-refractivity contribution in [1.29, 1.82) is 0 Å². The van der Waals surface area contributed by atoms with Crippen molar-refractivity contribution in [3.63, 3.8) is 0 Å². The summed E-state index contributed by atoms with van der Waals surface area (Å²) in [7, 11) is 0. The molecule has 0 aliphatic carbocycles. The Labute approximate surface area is 111 Å². The molecule has 0 aliphatic rings. The Kier molecular flexibility index (Phi) is 3.82. The Morgan fingerprint density at radius 3 is 2.28 bits per heavy atom. The predicted molar refractivity (Wildman–Crippen MR) is 74.2 cm³/mol. The summed E-state index contributed by atoms with van der Waals surface area (Å²) in [4.78, 5) is 11.2. The highest BCUT2D eigenvalue weighted by Crippen LogP contribution is 2.25. The van der Waals surface area contributed by atoms with E-state index in [4.69, 9.17) is 0 Å². The van der Waals surface area contributed by atoms with E-state index in [1.807, 2.05) is 24.3 Å². The maximum absolute atomic E-state index is 13.6. The van der Waals surface area contributed by atoms with E-state index in [-0.39, 0.29) is 16.9 Å². The van der Waals surface area contributed by atoms with E-state index in [2.05, 4.69) is 12.6 Å². The maximum Gasteiger partial charge on any atom is 0.193 e. The molecule has 0 saturated carbocycles. The summed E-state index contributed by atoms with van der Waals surface area (Å²) < 4.78 is 13.6. The van der Waals surface area contributed by atoms with E-state index < -0.39 is 0 Å². The summed E-state index contributed by atoms with van der Waals surface area (Å²) in [6, 6.07) is 13.9. The lowest BCUT2D eigenvalue weighted by Crippen LogP contribution is -2.01. The average molecular weight is 260 g/mol. The normalized spacial score (nSPS) is 12.2. The highest BCUT2D eigenvalue weighted by molar-refractivity contribution is 7.96. The Bertz CT molecular complexity index is 563. The highest BCUT2D eigenvalue weighted by Gasteiger charge is 2.11. The topological polar surface area (TPSA) is 17.1 Å². The van der Waals surface area contributed by atoms with Crippen molar-refractivity contribution in [3.05, 3.63) is 59.9 Å². The zero-order chi connectivity index (χ0) is 13.1. The zero-order valence-corrected chi connectivity index (χ0v) is 10.8. The van der Waals surface area contributed by atoms with Gasteiger partial charge in [-0.3, -0.25) is 4.79 Å². The molecule has 92 valence electrons. The molecule has 0 spiro atoms. The van der Waals surface area contributed by atoms with Crippen LogP contribution in [0, 0.1) is 5.82 Å². The van der Waals surface area contributed by atoms with Gasteiger partial charge >= 0.3 is 0 Å². The summed E-state index contributed by atoms with van der Waals surface area (Å²) in [5.74, 6) is -0.494. The first-order chi connectivity index (χ1) is 8.59. The van der Waals surface area contributed by atoms with Gasteiger partial charge in [-0.1, -0.05) is 49.4 Å². The van der Waals surface area contributed by atoms with Crippen molar-refractivity contribution >= 4 is 17.7 Å². The molecule has 3 heteroatoms. The van der Waals surface area contributed by atoms with Crippen molar-refractivity contribution in [3.8, 4) is 11.1 Å². The van der Waals surface area contributed by atoms with Crippen LogP contribution in [0.3, 0.4) is 0 Å². The third-order valence-electron chi connectivity index (χ3n) is 2.97. The van der Waals surface area contributed by atoms with Crippen LogP contribution >= 0.6 is 12.6 Å². The number of rotatable bonds is 3. The minimum absolute atomic E-state index is 0.173. The lowest BCUT2D eigenvalue weighted by molar-refractivity contribution is -0.111. The van der Waals surface area contributed by atoms with E-state index >= 15 is 0 Å². The number of hydrogen-bond acceptors (Lipinski definition) is 1. The fraction of sp³-hybridized carbons (Fsp3) is 0.133. The molecule has 0 aromatic heterocycles. The van der Waals surface area contributed by atoms with E-state index in [0.29, 0.717) is 5.56 Å². The van der Waals surface area contributed by atoms with Crippen molar-refractivity contribution in [2.75, 3.05) is 0 Å². The Morgan fingerprint density at radius 1 is 1.11 bits per heavy atom. The van der Waals surface area contributed by atoms with E-state index in [1.54, 1.807) is 25.1 Å². The summed E-state index contributed by atoms with van der Waals surface area (Å²) in [5.41, 5.74) is 2.25. The fourth-order valence-corrected chi connectivity index (χ4v) is 1.94. The van der Waals surface area contributed by atoms with E-state index in [0.717, 1.165) is 11.1 Å². The third-order valence-corrected chi connectivity index (χ3v) is 3.35. The highest BCUT2D eigenvalue weighted by atomic mass is 32.1. The molecule has 1 nitrogen and oxygen atoms in total. The number of hydrogen-bond donors (Lipinski definition) is 1. The Morgan fingerprint density at radius 2 is 1.72 bits per heavy atom. The molecule has 1 unspecified atom stereocenters. The van der Waals surface area contributed by atoms with Crippen LogP contribution < -0.4 is 0 Å². The quantitative estimate of drug-likeness (QED) is 0.824. The standard InChI is InChI=1S/C15H13FOS/c1-10(15(17)18)11-6-8-12(9-7-11)13-4-2-3-5-14(13)16/h2-10H,1H3,(H,17,18). The van der Waals surface area contributed by atoms with Gasteiger partial charge in [0.05, 0.1) is 5.92 Å². The zero-order valence-electron chi connectivity index (χ0n) is 9.93. The second kappa shape index (κ2) is 5.36. The first kappa shape index (κ1) is 12.8. The fourth-order valence-electron chi connectivity index (χ4n) is 1.79. The van der Waals surface area contributed by atoms with Gasteiger partial charge < -0.3 is 0 Å². The molecule has 2 aromatic rings. The molecular weight excluding hydrogens is 247 g/mol. The number of carbonyl (C=O) groups is 1. The molecule has 0 bridgehead atoms. The van der Waals surface area contributed by atoms with Crippen LogP contribution in [-0.4, -0.2) is 5.12 Å². The minimum atomic E-state index is -0.247. The van der Waals surface area contributed by atoms with E-state index in [9.17, 15) is 9.18 Å². The van der Waals surface area contributed by atoms with Crippen LogP contribution in [0.5, 0.6) is 0 Å². The molecule has 18 heavy (non-hydrogen) atoms. The molecule has 1 atom stereocenters. The number of carbonyl (C=O) groups excluding carboxylic acids is 1. The predicted octanol–water partition coefficient (Wildman–Crippen LogP) is 4.05. The summed E-state index contributed by atoms with van der Waals surface area (Å²) in [6.45, 7) is 1.80. The molecule has 0 fully saturated rings. The molecule has 2 aromatic carbocycles. The molecule has 2 rings (SSSR count). The molecule has 0 N–H and O–H groups in total. The van der Waals surface area contributed by atoms with Crippen LogP contribution in [0.15, 0.2) is 48.5 Å². The first-order valence-corrected chi connectivity index (χ1v) is 6.12. The van der Waals surface area contributed by atoms with Crippen LogP contribution in [0.1, 0.15) is 18.4 Å². The lowest BCUT2D eigenvalue weighted by atomic mass is 9.98. The van der Waals surface area contributed by atoms with Crippen molar-refractivity contribution in [2.45, 2.75) is 12.8 Å². The summed E-state index contributed by atoms with van der Waals surface area (Å²) in [6.07, 6.45) is 0. The van der Waals surface area contributed by atoms with Gasteiger partial charge in [0, 0.05) is 5.56 Å². The molecule has 0 aliphatic heterocycles. The van der Waals surface area contributed by atoms with Gasteiger partial charge in [0.2, 0.25) is 0 Å². The molecule has 0 amide bonds. The average Bonchev–Trinajstić information content (AvgIpc) is 2.38. The number of halogens is 1. The largest absolute Gasteiger partial charge is 0.287 e. The van der Waals surface area contributed by atoms with Gasteiger partial charge in [-0.25, -0.2) is 4.39 Å². The van der Waals surface area contributed by atoms with Gasteiger partial charge in [-0.15, -0.1) is 12.6 Å². The van der Waals surface area contributed by atoms with Gasteiger partial charge in [0.15, 0.2) is 5.12 Å². The summed E-state index contributed by atoms with van der Waals surface area (Å²) in [5, 5.41) is -0.173. The molecule has 0 saturated heterocycles. The van der Waals surface area contributed by atoms with Gasteiger partial charge in [-0.05, 0) is 17.2 Å². The van der Waals surface area contributed by atoms with Crippen LogP contribution in [0.4, 0.5) is 4.39 Å². The Hall–Kier alpha value is -1.61. The Balaban J connectivity index is 2.34. The first-order valence-electron chi connectivity index (χ1n) is 5.67. The maximum atomic E-state index is 13.6. The number of benzene rings is 2. The van der Waals surface area contributed by atoms with Crippen LogP contribution in [-0.2, 0) is 4.79 Å². The SMILES string of the molecule is CC(C(=O)S)c1ccc(-c2ccccc2F)cc1. The van der Waals surface area contributed by atoms with Crippen molar-refractivity contribution < 1.29 is 9.18 Å². The summed E-state index contributed by atoms with van der Waals surface area (Å²) >= 11 is 3.82. The van der Waals surface area contributed by atoms with Crippen molar-refractivity contribution in [2.24, 2.45) is 0 Å². The molecule has 0 heterocycles. The second-order valence-electron chi connectivity index (χ2n) is 4.16. The second-order valence-corrected chi connectivity index (χ2v) is 4.60. The van der Waals surface area contributed by atoms with E-state index in [1.165, 1.54) is 6.07 Å². The van der Waals surface area contributed by atoms with Gasteiger partial charge in [0.25, 0.3) is 0 Å². The third kappa shape index (κ3) is 2.62. The number of thiol groups is 1. The van der Waals surface area contributed by atoms with Crippen LogP contribution in [0.25, 0.3) is 11.1 Å². The van der Waals surface area contributed by atoms with Crippen LogP contribution in [0.2, 0.25) is 0 Å². The minimum Gasteiger partial charge on any atom is -0.287 e. The molecular formula is C15H13FOS. The molecule has 0 radical (unpaired) electrons. The van der Waals surface area contributed by atoms with Crippen molar-refractivity contribution in [1.82, 2.24) is 0 Å². The van der Waals surface area contributed by atoms with Gasteiger partial charge in [-0.2, -0.15) is 0 Å². The monoisotopic (exact) mass is 260 g/mol. The van der Waals surface area contributed by atoms with Gasteiger partial charge in [0.1, 0.15) is 5.82 Å². The smallest absolute Gasteiger partial charge is 0.193 e. The lowest BCUT2D eigenvalue weighted by Gasteiger charge is -2.09.